The standard InChI is InChI=1S/C15H22N2O2/c1-11-6-7-14(8-11)16-12-4-3-5-13(9-12)17-15(18)10-19-2/h3-5,9,11,14,16H,6-8,10H2,1-2H3,(H,17,18). The van der Waals surface area contributed by atoms with Crippen LogP contribution in [0.4, 0.5) is 11.4 Å². The first-order valence-electron chi connectivity index (χ1n) is 6.82. The molecule has 2 atom stereocenters. The summed E-state index contributed by atoms with van der Waals surface area (Å²) in [6.45, 7) is 2.38. The third kappa shape index (κ3) is 4.24. The predicted molar refractivity (Wildman–Crippen MR) is 77.4 cm³/mol. The second-order valence-corrected chi connectivity index (χ2v) is 5.32. The molecule has 1 aliphatic carbocycles. The highest BCUT2D eigenvalue weighted by atomic mass is 16.5. The van der Waals surface area contributed by atoms with E-state index in [1.54, 1.807) is 0 Å². The van der Waals surface area contributed by atoms with Crippen LogP contribution in [0.25, 0.3) is 0 Å². The van der Waals surface area contributed by atoms with E-state index in [4.69, 9.17) is 4.74 Å². The highest BCUT2D eigenvalue weighted by Crippen LogP contribution is 2.28. The van der Waals surface area contributed by atoms with Gasteiger partial charge in [0.25, 0.3) is 0 Å². The minimum Gasteiger partial charge on any atom is -0.382 e. The van der Waals surface area contributed by atoms with E-state index >= 15 is 0 Å². The molecule has 1 fully saturated rings. The summed E-state index contributed by atoms with van der Waals surface area (Å²) in [7, 11) is 1.51. The van der Waals surface area contributed by atoms with E-state index in [9.17, 15) is 4.79 Å². The average molecular weight is 262 g/mol. The van der Waals surface area contributed by atoms with Crippen molar-refractivity contribution in [3.05, 3.63) is 24.3 Å². The van der Waals surface area contributed by atoms with Gasteiger partial charge in [0.1, 0.15) is 6.61 Å². The van der Waals surface area contributed by atoms with Crippen LogP contribution in [0.5, 0.6) is 0 Å². The second-order valence-electron chi connectivity index (χ2n) is 5.32. The van der Waals surface area contributed by atoms with Crippen LogP contribution < -0.4 is 10.6 Å². The Bertz CT molecular complexity index is 434. The highest BCUT2D eigenvalue weighted by Gasteiger charge is 2.20. The average Bonchev–Trinajstić information content (AvgIpc) is 2.75. The molecule has 0 aliphatic heterocycles. The Labute approximate surface area is 114 Å². The van der Waals surface area contributed by atoms with Gasteiger partial charge in [0.2, 0.25) is 5.91 Å². The van der Waals surface area contributed by atoms with Gasteiger partial charge in [-0.3, -0.25) is 4.79 Å². The number of rotatable bonds is 5. The molecule has 2 unspecified atom stereocenters. The Morgan fingerprint density at radius 2 is 2.16 bits per heavy atom. The van der Waals surface area contributed by atoms with Gasteiger partial charge >= 0.3 is 0 Å². The first kappa shape index (κ1) is 13.9. The number of carbonyl (C=O) groups is 1. The normalized spacial score (nSPS) is 22.2. The SMILES string of the molecule is COCC(=O)Nc1cccc(NC2CCC(C)C2)c1. The molecule has 0 aromatic heterocycles. The second kappa shape index (κ2) is 6.57. The summed E-state index contributed by atoms with van der Waals surface area (Å²) in [6, 6.07) is 8.39. The topological polar surface area (TPSA) is 50.4 Å². The molecule has 0 saturated heterocycles. The fraction of sp³-hybridized carbons (Fsp3) is 0.533. The van der Waals surface area contributed by atoms with Gasteiger partial charge in [-0.1, -0.05) is 13.0 Å². The van der Waals surface area contributed by atoms with E-state index < -0.39 is 0 Å². The molecule has 0 bridgehead atoms. The lowest BCUT2D eigenvalue weighted by Crippen LogP contribution is -2.18. The molecule has 1 aromatic rings. The molecular formula is C15H22N2O2. The van der Waals surface area contributed by atoms with E-state index in [-0.39, 0.29) is 12.5 Å². The van der Waals surface area contributed by atoms with Crippen LogP contribution in [0.1, 0.15) is 26.2 Å². The minimum absolute atomic E-state index is 0.0811. The number of carbonyl (C=O) groups excluding carboxylic acids is 1. The molecule has 104 valence electrons. The van der Waals surface area contributed by atoms with Crippen LogP contribution in [-0.2, 0) is 9.53 Å². The zero-order valence-corrected chi connectivity index (χ0v) is 11.6. The summed E-state index contributed by atoms with van der Waals surface area (Å²) >= 11 is 0. The van der Waals surface area contributed by atoms with E-state index in [1.807, 2.05) is 24.3 Å². The Balaban J connectivity index is 1.93. The summed E-state index contributed by atoms with van der Waals surface area (Å²) < 4.78 is 4.80. The number of ether oxygens (including phenoxy) is 1. The number of hydrogen-bond acceptors (Lipinski definition) is 3. The summed E-state index contributed by atoms with van der Waals surface area (Å²) in [6.07, 6.45) is 3.74. The summed E-state index contributed by atoms with van der Waals surface area (Å²) in [5.41, 5.74) is 1.87. The number of nitrogens with one attached hydrogen (secondary N) is 2. The summed E-state index contributed by atoms with van der Waals surface area (Å²) in [5.74, 6) is 0.677. The van der Waals surface area contributed by atoms with Gasteiger partial charge in [0, 0.05) is 24.5 Å². The monoisotopic (exact) mass is 262 g/mol. The van der Waals surface area contributed by atoms with Crippen LogP contribution in [-0.4, -0.2) is 25.7 Å². The van der Waals surface area contributed by atoms with Crippen molar-refractivity contribution in [3.63, 3.8) is 0 Å². The fourth-order valence-corrected chi connectivity index (χ4v) is 2.59. The molecule has 0 heterocycles. The molecule has 4 heteroatoms. The van der Waals surface area contributed by atoms with Crippen LogP contribution in [0.2, 0.25) is 0 Å². The molecule has 0 radical (unpaired) electrons. The van der Waals surface area contributed by atoms with Gasteiger partial charge in [-0.05, 0) is 43.4 Å². The maximum absolute atomic E-state index is 11.5. The van der Waals surface area contributed by atoms with Crippen LogP contribution >= 0.6 is 0 Å². The predicted octanol–water partition coefficient (Wildman–Crippen LogP) is 2.87. The zero-order valence-electron chi connectivity index (χ0n) is 11.6. The van der Waals surface area contributed by atoms with Gasteiger partial charge in [0.05, 0.1) is 0 Å². The molecule has 1 amide bonds. The van der Waals surface area contributed by atoms with Gasteiger partial charge < -0.3 is 15.4 Å². The lowest BCUT2D eigenvalue weighted by molar-refractivity contribution is -0.119. The Hall–Kier alpha value is -1.55. The number of benzene rings is 1. The third-order valence-corrected chi connectivity index (χ3v) is 3.49. The van der Waals surface area contributed by atoms with E-state index in [0.717, 1.165) is 17.3 Å². The van der Waals surface area contributed by atoms with Gasteiger partial charge in [0.15, 0.2) is 0 Å². The van der Waals surface area contributed by atoms with Crippen LogP contribution in [0.3, 0.4) is 0 Å². The van der Waals surface area contributed by atoms with Gasteiger partial charge in [-0.2, -0.15) is 0 Å². The molecule has 1 saturated carbocycles. The Kier molecular flexibility index (Phi) is 4.80. The summed E-state index contributed by atoms with van der Waals surface area (Å²) in [4.78, 5) is 11.5. The largest absolute Gasteiger partial charge is 0.382 e. The van der Waals surface area contributed by atoms with Crippen molar-refractivity contribution in [2.24, 2.45) is 5.92 Å². The maximum Gasteiger partial charge on any atom is 0.250 e. The smallest absolute Gasteiger partial charge is 0.250 e. The lowest BCUT2D eigenvalue weighted by atomic mass is 10.1. The first-order chi connectivity index (χ1) is 9.17. The van der Waals surface area contributed by atoms with E-state index in [0.29, 0.717) is 6.04 Å². The van der Waals surface area contributed by atoms with Crippen LogP contribution in [0.15, 0.2) is 24.3 Å². The van der Waals surface area contributed by atoms with Crippen molar-refractivity contribution in [1.29, 1.82) is 0 Å². The molecule has 1 aromatic carbocycles. The fourth-order valence-electron chi connectivity index (χ4n) is 2.59. The van der Waals surface area contributed by atoms with Gasteiger partial charge in [-0.15, -0.1) is 0 Å². The Morgan fingerprint density at radius 1 is 1.37 bits per heavy atom. The molecule has 0 spiro atoms. The summed E-state index contributed by atoms with van der Waals surface area (Å²) in [5, 5.41) is 6.35. The molecule has 2 N–H and O–H groups in total. The maximum atomic E-state index is 11.5. The number of amides is 1. The van der Waals surface area contributed by atoms with E-state index in [2.05, 4.69) is 17.6 Å². The van der Waals surface area contributed by atoms with E-state index in [1.165, 1.54) is 26.4 Å². The number of methoxy groups -OCH3 is 1. The Morgan fingerprint density at radius 3 is 2.84 bits per heavy atom. The van der Waals surface area contributed by atoms with Crippen LogP contribution in [0, 0.1) is 5.92 Å². The minimum atomic E-state index is -0.130. The van der Waals surface area contributed by atoms with Crippen molar-refractivity contribution in [3.8, 4) is 0 Å². The van der Waals surface area contributed by atoms with Gasteiger partial charge in [-0.25, -0.2) is 0 Å². The first-order valence-corrected chi connectivity index (χ1v) is 6.82. The quantitative estimate of drug-likeness (QED) is 0.858. The number of anilines is 2. The molecular weight excluding hydrogens is 240 g/mol. The van der Waals surface area contributed by atoms with Crippen molar-refractivity contribution in [1.82, 2.24) is 0 Å². The molecule has 2 rings (SSSR count). The zero-order chi connectivity index (χ0) is 13.7. The van der Waals surface area contributed by atoms with Crippen molar-refractivity contribution < 1.29 is 9.53 Å². The van der Waals surface area contributed by atoms with Crippen molar-refractivity contribution in [2.45, 2.75) is 32.2 Å². The van der Waals surface area contributed by atoms with Crippen molar-refractivity contribution >= 4 is 17.3 Å². The molecule has 4 nitrogen and oxygen atoms in total. The third-order valence-electron chi connectivity index (χ3n) is 3.49. The molecule has 1 aliphatic rings. The molecule has 19 heavy (non-hydrogen) atoms. The highest BCUT2D eigenvalue weighted by molar-refractivity contribution is 5.92. The number of hydrogen-bond donors (Lipinski definition) is 2. The lowest BCUT2D eigenvalue weighted by Gasteiger charge is -2.15. The van der Waals surface area contributed by atoms with Crippen molar-refractivity contribution in [2.75, 3.05) is 24.4 Å².